The van der Waals surface area contributed by atoms with Gasteiger partial charge in [0.05, 0.1) is 0 Å². The molecule has 1 saturated heterocycles. The van der Waals surface area contributed by atoms with Crippen molar-refractivity contribution in [1.82, 2.24) is 4.90 Å². The Kier molecular flexibility index (Phi) is 5.16. The van der Waals surface area contributed by atoms with E-state index in [0.29, 0.717) is 0 Å². The number of nitrogens with one attached hydrogen (secondary N) is 1. The van der Waals surface area contributed by atoms with E-state index >= 15 is 0 Å². The number of piperazine rings is 1. The fourth-order valence-corrected chi connectivity index (χ4v) is 3.10. The summed E-state index contributed by atoms with van der Waals surface area (Å²) in [5.74, 6) is -0.0580. The molecule has 0 saturated carbocycles. The number of carbonyl (C=O) groups is 1. The lowest BCUT2D eigenvalue weighted by molar-refractivity contribution is 0.102. The Balaban J connectivity index is 1.63. The fourth-order valence-electron chi connectivity index (χ4n) is 3.10. The van der Waals surface area contributed by atoms with Gasteiger partial charge in [-0.25, -0.2) is 0 Å². The second kappa shape index (κ2) is 7.49. The highest BCUT2D eigenvalue weighted by Gasteiger charge is 2.16. The van der Waals surface area contributed by atoms with Crippen LogP contribution >= 0.6 is 0 Å². The van der Waals surface area contributed by atoms with Crippen molar-refractivity contribution in [2.45, 2.75) is 13.8 Å². The van der Waals surface area contributed by atoms with Crippen LogP contribution in [0.25, 0.3) is 0 Å². The number of amides is 1. The third-order valence-electron chi connectivity index (χ3n) is 4.70. The van der Waals surface area contributed by atoms with Crippen LogP contribution in [0.4, 0.5) is 11.4 Å². The highest BCUT2D eigenvalue weighted by atomic mass is 16.1. The summed E-state index contributed by atoms with van der Waals surface area (Å²) in [4.78, 5) is 17.2. The topological polar surface area (TPSA) is 35.6 Å². The zero-order chi connectivity index (χ0) is 16.9. The van der Waals surface area contributed by atoms with Gasteiger partial charge < -0.3 is 15.1 Å². The lowest BCUT2D eigenvalue weighted by Gasteiger charge is -2.35. The van der Waals surface area contributed by atoms with E-state index < -0.39 is 0 Å². The fraction of sp³-hybridized carbons (Fsp3) is 0.350. The van der Waals surface area contributed by atoms with E-state index in [1.807, 2.05) is 43.3 Å². The van der Waals surface area contributed by atoms with Crippen LogP contribution in [0.5, 0.6) is 0 Å². The van der Waals surface area contributed by atoms with Gasteiger partial charge in [0.1, 0.15) is 0 Å². The third-order valence-corrected chi connectivity index (χ3v) is 4.70. The average Bonchev–Trinajstić information content (AvgIpc) is 2.63. The molecule has 1 fully saturated rings. The summed E-state index contributed by atoms with van der Waals surface area (Å²) in [6, 6.07) is 15.8. The molecule has 24 heavy (non-hydrogen) atoms. The van der Waals surface area contributed by atoms with Crippen molar-refractivity contribution in [1.29, 1.82) is 0 Å². The molecule has 1 aliphatic heterocycles. The maximum Gasteiger partial charge on any atom is 0.255 e. The Labute approximate surface area is 144 Å². The largest absolute Gasteiger partial charge is 0.369 e. The molecule has 2 aromatic carbocycles. The predicted octanol–water partition coefficient (Wildman–Crippen LogP) is 3.39. The van der Waals surface area contributed by atoms with Gasteiger partial charge in [-0.1, -0.05) is 25.1 Å². The molecule has 4 heteroatoms. The van der Waals surface area contributed by atoms with Gasteiger partial charge >= 0.3 is 0 Å². The van der Waals surface area contributed by atoms with Crippen LogP contribution in [0.1, 0.15) is 22.8 Å². The van der Waals surface area contributed by atoms with Crippen LogP contribution in [0.15, 0.2) is 48.5 Å². The first-order valence-electron chi connectivity index (χ1n) is 8.61. The predicted molar refractivity (Wildman–Crippen MR) is 99.9 cm³/mol. The maximum atomic E-state index is 12.4. The standard InChI is InChI=1S/C20H25N3O/c1-3-22-12-14-23(15-13-22)18-10-8-17(9-11-18)21-20(24)19-7-5-4-6-16(19)2/h4-11H,3,12-15H2,1-2H3,(H,21,24). The molecule has 1 N–H and O–H groups in total. The number of nitrogens with zero attached hydrogens (tertiary/aromatic N) is 2. The van der Waals surface area contributed by atoms with Gasteiger partial charge in [-0.2, -0.15) is 0 Å². The van der Waals surface area contributed by atoms with Crippen molar-refractivity contribution in [3.63, 3.8) is 0 Å². The molecule has 0 atom stereocenters. The molecule has 2 aromatic rings. The zero-order valence-electron chi connectivity index (χ0n) is 14.5. The normalized spacial score (nSPS) is 15.3. The summed E-state index contributed by atoms with van der Waals surface area (Å²) < 4.78 is 0. The van der Waals surface area contributed by atoms with Crippen LogP contribution in [0.3, 0.4) is 0 Å². The molecule has 0 bridgehead atoms. The Bertz CT molecular complexity index is 688. The molecule has 1 aliphatic rings. The molecule has 0 radical (unpaired) electrons. The van der Waals surface area contributed by atoms with E-state index in [1.54, 1.807) is 0 Å². The molecular formula is C20H25N3O. The van der Waals surface area contributed by atoms with Crippen molar-refractivity contribution in [3.8, 4) is 0 Å². The number of benzene rings is 2. The first-order chi connectivity index (χ1) is 11.7. The van der Waals surface area contributed by atoms with Crippen LogP contribution in [0, 0.1) is 6.92 Å². The van der Waals surface area contributed by atoms with Gasteiger partial charge in [-0.05, 0) is 49.4 Å². The first-order valence-corrected chi connectivity index (χ1v) is 8.61. The summed E-state index contributed by atoms with van der Waals surface area (Å²) >= 11 is 0. The summed E-state index contributed by atoms with van der Waals surface area (Å²) in [5, 5.41) is 2.98. The second-order valence-corrected chi connectivity index (χ2v) is 6.24. The number of likely N-dealkylation sites (N-methyl/N-ethyl adjacent to an activating group) is 1. The monoisotopic (exact) mass is 323 g/mol. The van der Waals surface area contributed by atoms with E-state index in [-0.39, 0.29) is 5.91 Å². The molecule has 126 valence electrons. The molecule has 1 heterocycles. The van der Waals surface area contributed by atoms with Gasteiger partial charge in [0.15, 0.2) is 0 Å². The molecule has 4 nitrogen and oxygen atoms in total. The highest BCUT2D eigenvalue weighted by molar-refractivity contribution is 6.05. The number of carbonyl (C=O) groups excluding carboxylic acids is 1. The third kappa shape index (κ3) is 3.77. The van der Waals surface area contributed by atoms with Gasteiger partial charge in [0.2, 0.25) is 0 Å². The van der Waals surface area contributed by atoms with Crippen molar-refractivity contribution in [2.75, 3.05) is 42.9 Å². The Morgan fingerprint density at radius 3 is 2.29 bits per heavy atom. The van der Waals surface area contributed by atoms with Crippen molar-refractivity contribution < 1.29 is 4.79 Å². The van der Waals surface area contributed by atoms with Crippen LogP contribution in [0.2, 0.25) is 0 Å². The highest BCUT2D eigenvalue weighted by Crippen LogP contribution is 2.20. The summed E-state index contributed by atoms with van der Waals surface area (Å²) in [5.41, 5.74) is 3.76. The molecule has 0 unspecified atom stereocenters. The van der Waals surface area contributed by atoms with Gasteiger partial charge in [-0.3, -0.25) is 4.79 Å². The number of hydrogen-bond donors (Lipinski definition) is 1. The number of anilines is 2. The van der Waals surface area contributed by atoms with E-state index in [9.17, 15) is 4.79 Å². The summed E-state index contributed by atoms with van der Waals surface area (Å²) in [6.07, 6.45) is 0. The lowest BCUT2D eigenvalue weighted by atomic mass is 10.1. The van der Waals surface area contributed by atoms with E-state index in [2.05, 4.69) is 34.2 Å². The summed E-state index contributed by atoms with van der Waals surface area (Å²) in [7, 11) is 0. The second-order valence-electron chi connectivity index (χ2n) is 6.24. The first kappa shape index (κ1) is 16.5. The quantitative estimate of drug-likeness (QED) is 0.937. The number of aryl methyl sites for hydroxylation is 1. The Morgan fingerprint density at radius 2 is 1.67 bits per heavy atom. The minimum atomic E-state index is -0.0580. The Hall–Kier alpha value is -2.33. The molecule has 1 amide bonds. The van der Waals surface area contributed by atoms with Gasteiger partial charge in [0.25, 0.3) is 5.91 Å². The van der Waals surface area contributed by atoms with Crippen LogP contribution in [-0.2, 0) is 0 Å². The number of rotatable bonds is 4. The van der Waals surface area contributed by atoms with Crippen molar-refractivity contribution in [2.24, 2.45) is 0 Å². The molecule has 0 aliphatic carbocycles. The van der Waals surface area contributed by atoms with E-state index in [0.717, 1.165) is 49.5 Å². The molecular weight excluding hydrogens is 298 g/mol. The minimum Gasteiger partial charge on any atom is -0.369 e. The summed E-state index contributed by atoms with van der Waals surface area (Å²) in [6.45, 7) is 9.63. The lowest BCUT2D eigenvalue weighted by Crippen LogP contribution is -2.46. The van der Waals surface area contributed by atoms with Crippen LogP contribution < -0.4 is 10.2 Å². The zero-order valence-corrected chi connectivity index (χ0v) is 14.5. The SMILES string of the molecule is CCN1CCN(c2ccc(NC(=O)c3ccccc3C)cc2)CC1. The average molecular weight is 323 g/mol. The molecule has 3 rings (SSSR count). The number of hydrogen-bond acceptors (Lipinski definition) is 3. The van der Waals surface area contributed by atoms with Gasteiger partial charge in [0, 0.05) is 43.1 Å². The molecule has 0 aromatic heterocycles. The molecule has 0 spiro atoms. The van der Waals surface area contributed by atoms with Crippen LogP contribution in [-0.4, -0.2) is 43.5 Å². The smallest absolute Gasteiger partial charge is 0.255 e. The maximum absolute atomic E-state index is 12.4. The van der Waals surface area contributed by atoms with E-state index in [1.165, 1.54) is 5.69 Å². The minimum absolute atomic E-state index is 0.0580. The van der Waals surface area contributed by atoms with E-state index in [4.69, 9.17) is 0 Å². The van der Waals surface area contributed by atoms with Crippen molar-refractivity contribution in [3.05, 3.63) is 59.7 Å². The van der Waals surface area contributed by atoms with Crippen molar-refractivity contribution >= 4 is 17.3 Å². The Morgan fingerprint density at radius 1 is 1.00 bits per heavy atom. The van der Waals surface area contributed by atoms with Gasteiger partial charge in [-0.15, -0.1) is 0 Å².